The summed E-state index contributed by atoms with van der Waals surface area (Å²) >= 11 is 12.8. The van der Waals surface area contributed by atoms with Gasteiger partial charge in [0.1, 0.15) is 18.0 Å². The summed E-state index contributed by atoms with van der Waals surface area (Å²) in [4.78, 5) is 16.5. The number of anilines is 1. The molecule has 0 unspecified atom stereocenters. The Hall–Kier alpha value is -3.58. The number of hydrogen-bond donors (Lipinski definition) is 1. The lowest BCUT2D eigenvalue weighted by Gasteiger charge is -2.49. The molecule has 1 aliphatic heterocycles. The number of halogens is 3. The molecule has 4 aromatic rings. The number of carbonyl (C=O) groups is 1. The minimum Gasteiger partial charge on any atom is -0.357 e. The molecule has 3 aromatic carbocycles. The fourth-order valence-corrected chi connectivity index (χ4v) is 8.49. The number of sulfonamides is 1. The van der Waals surface area contributed by atoms with Gasteiger partial charge in [0.25, 0.3) is 5.91 Å². The van der Waals surface area contributed by atoms with Gasteiger partial charge >= 0.3 is 0 Å². The van der Waals surface area contributed by atoms with Gasteiger partial charge in [0.2, 0.25) is 10.0 Å². The van der Waals surface area contributed by atoms with Gasteiger partial charge in [-0.1, -0.05) is 64.8 Å². The van der Waals surface area contributed by atoms with Gasteiger partial charge in [0.15, 0.2) is 5.82 Å². The van der Waals surface area contributed by atoms with Gasteiger partial charge < -0.3 is 9.64 Å². The number of nitrogens with one attached hydrogen (secondary N) is 1. The minimum absolute atomic E-state index is 0.0219. The number of aromatic amines is 1. The van der Waals surface area contributed by atoms with E-state index in [0.717, 1.165) is 24.0 Å². The average molecular weight is 686 g/mol. The van der Waals surface area contributed by atoms with Gasteiger partial charge in [-0.3, -0.25) is 9.10 Å². The Morgan fingerprint density at radius 1 is 0.978 bits per heavy atom. The normalized spacial score (nSPS) is 22.5. The molecule has 240 valence electrons. The van der Waals surface area contributed by atoms with Crippen LogP contribution in [0.1, 0.15) is 54.8 Å². The molecule has 4 atom stereocenters. The molecule has 14 heteroatoms. The molecule has 7 rings (SSSR count). The van der Waals surface area contributed by atoms with Crippen LogP contribution in [0, 0.1) is 11.7 Å². The molecular formula is C32H31Cl2FN6O4S. The van der Waals surface area contributed by atoms with Gasteiger partial charge in [0.05, 0.1) is 29.6 Å². The number of aromatic nitrogens is 4. The van der Waals surface area contributed by atoms with Gasteiger partial charge in [-0.15, -0.1) is 10.2 Å². The molecule has 0 spiro atoms. The van der Waals surface area contributed by atoms with Crippen molar-refractivity contribution >= 4 is 44.8 Å². The molecule has 0 radical (unpaired) electrons. The topological polar surface area (TPSA) is 121 Å². The van der Waals surface area contributed by atoms with Crippen LogP contribution in [0.4, 0.5) is 10.1 Å². The summed E-state index contributed by atoms with van der Waals surface area (Å²) in [6, 6.07) is 19.0. The highest BCUT2D eigenvalue weighted by Crippen LogP contribution is 2.49. The Morgan fingerprint density at radius 3 is 2.39 bits per heavy atom. The Morgan fingerprint density at radius 2 is 1.74 bits per heavy atom. The molecule has 2 heterocycles. The second kappa shape index (κ2) is 12.6. The number of benzene rings is 3. The first-order valence-electron chi connectivity index (χ1n) is 15.2. The van der Waals surface area contributed by atoms with E-state index < -0.39 is 45.4 Å². The van der Waals surface area contributed by atoms with Gasteiger partial charge in [-0.25, -0.2) is 12.8 Å². The van der Waals surface area contributed by atoms with E-state index in [1.165, 1.54) is 22.5 Å². The van der Waals surface area contributed by atoms with Crippen LogP contribution in [-0.2, 0) is 26.0 Å². The lowest BCUT2D eigenvalue weighted by atomic mass is 9.89. The number of hydrogen-bond acceptors (Lipinski definition) is 7. The molecule has 1 aromatic heterocycles. The SMILES string of the molecule is O=C1[C@H](Cc2nn[nH]n2)O[C@H](c2cccc(Cl)c2)[C@@H](c2ccc(Cl)cc2)N1[C@@H](CN(c1ccccc1F)S(=O)(=O)C1CC1)C1CC1. The third kappa shape index (κ3) is 6.23. The van der Waals surface area contributed by atoms with E-state index >= 15 is 4.39 Å². The molecule has 1 saturated heterocycles. The van der Waals surface area contributed by atoms with E-state index in [2.05, 4.69) is 20.6 Å². The summed E-state index contributed by atoms with van der Waals surface area (Å²) in [6.07, 6.45) is 0.892. The van der Waals surface area contributed by atoms with Crippen LogP contribution in [0.2, 0.25) is 10.0 Å². The average Bonchev–Trinajstić information content (AvgIpc) is 3.98. The first-order chi connectivity index (χ1) is 22.2. The predicted molar refractivity (Wildman–Crippen MR) is 170 cm³/mol. The van der Waals surface area contributed by atoms with E-state index in [1.54, 1.807) is 35.2 Å². The first-order valence-corrected chi connectivity index (χ1v) is 17.4. The zero-order chi connectivity index (χ0) is 32.0. The molecule has 10 nitrogen and oxygen atoms in total. The number of H-pyrrole nitrogens is 1. The fourth-order valence-electron chi connectivity index (χ4n) is 6.29. The minimum atomic E-state index is -3.92. The van der Waals surface area contributed by atoms with Gasteiger partial charge in [0, 0.05) is 16.5 Å². The van der Waals surface area contributed by atoms with Crippen LogP contribution in [0.15, 0.2) is 72.8 Å². The molecule has 1 amide bonds. The van der Waals surface area contributed by atoms with Crippen molar-refractivity contribution in [2.75, 3.05) is 10.8 Å². The van der Waals surface area contributed by atoms with Crippen LogP contribution in [-0.4, -0.2) is 63.8 Å². The largest absolute Gasteiger partial charge is 0.357 e. The monoisotopic (exact) mass is 684 g/mol. The summed E-state index contributed by atoms with van der Waals surface area (Å²) in [7, 11) is -3.92. The maximum Gasteiger partial charge on any atom is 0.253 e. The van der Waals surface area contributed by atoms with E-state index in [-0.39, 0.29) is 30.5 Å². The van der Waals surface area contributed by atoms with Crippen molar-refractivity contribution in [3.8, 4) is 0 Å². The highest BCUT2D eigenvalue weighted by atomic mass is 35.5. The van der Waals surface area contributed by atoms with Crippen LogP contribution >= 0.6 is 23.2 Å². The fraction of sp³-hybridized carbons (Fsp3) is 0.375. The lowest BCUT2D eigenvalue weighted by Crippen LogP contribution is -2.59. The number of morpholine rings is 1. The van der Waals surface area contributed by atoms with Gasteiger partial charge in [-0.2, -0.15) is 5.21 Å². The number of para-hydroxylation sites is 1. The van der Waals surface area contributed by atoms with Crippen molar-refractivity contribution in [3.05, 3.63) is 106 Å². The number of rotatable bonds is 11. The summed E-state index contributed by atoms with van der Waals surface area (Å²) in [5, 5.41) is 14.6. The molecule has 3 fully saturated rings. The molecule has 46 heavy (non-hydrogen) atoms. The third-order valence-corrected chi connectivity index (χ3v) is 11.6. The van der Waals surface area contributed by atoms with Crippen molar-refractivity contribution in [2.24, 2.45) is 5.92 Å². The molecular weight excluding hydrogens is 654 g/mol. The number of amides is 1. The Kier molecular flexibility index (Phi) is 8.47. The molecule has 3 aliphatic rings. The molecule has 0 bridgehead atoms. The van der Waals surface area contributed by atoms with Crippen molar-refractivity contribution < 1.29 is 22.3 Å². The summed E-state index contributed by atoms with van der Waals surface area (Å²) < 4.78 is 51.1. The van der Waals surface area contributed by atoms with Crippen LogP contribution in [0.5, 0.6) is 0 Å². The number of ether oxygens (including phenoxy) is 1. The molecule has 2 aliphatic carbocycles. The van der Waals surface area contributed by atoms with E-state index in [4.69, 9.17) is 27.9 Å². The highest BCUT2D eigenvalue weighted by Gasteiger charge is 2.52. The Bertz CT molecular complexity index is 1820. The van der Waals surface area contributed by atoms with Crippen molar-refractivity contribution in [1.82, 2.24) is 25.5 Å². The van der Waals surface area contributed by atoms with Crippen LogP contribution < -0.4 is 4.31 Å². The highest BCUT2D eigenvalue weighted by molar-refractivity contribution is 7.93. The second-order valence-electron chi connectivity index (χ2n) is 12.0. The number of nitrogens with zero attached hydrogens (tertiary/aromatic N) is 5. The smallest absolute Gasteiger partial charge is 0.253 e. The Balaban J connectivity index is 1.37. The van der Waals surface area contributed by atoms with E-state index in [0.29, 0.717) is 28.7 Å². The van der Waals surface area contributed by atoms with Crippen LogP contribution in [0.3, 0.4) is 0 Å². The maximum absolute atomic E-state index is 15.4. The lowest BCUT2D eigenvalue weighted by molar-refractivity contribution is -0.179. The summed E-state index contributed by atoms with van der Waals surface area (Å²) in [6.45, 7) is -0.114. The molecule has 1 N–H and O–H groups in total. The third-order valence-electron chi connectivity index (χ3n) is 8.82. The predicted octanol–water partition coefficient (Wildman–Crippen LogP) is 5.68. The zero-order valence-corrected chi connectivity index (χ0v) is 26.9. The van der Waals surface area contributed by atoms with E-state index in [9.17, 15) is 13.2 Å². The van der Waals surface area contributed by atoms with Crippen molar-refractivity contribution in [2.45, 2.75) is 61.6 Å². The van der Waals surface area contributed by atoms with E-state index in [1.807, 2.05) is 24.3 Å². The van der Waals surface area contributed by atoms with Gasteiger partial charge in [-0.05, 0) is 79.1 Å². The summed E-state index contributed by atoms with van der Waals surface area (Å²) in [5.74, 6) is -0.723. The van der Waals surface area contributed by atoms with Crippen LogP contribution in [0.25, 0.3) is 0 Å². The number of tetrazole rings is 1. The quantitative estimate of drug-likeness (QED) is 0.216. The zero-order valence-electron chi connectivity index (χ0n) is 24.5. The Labute approximate surface area is 275 Å². The molecule has 2 saturated carbocycles. The summed E-state index contributed by atoms with van der Waals surface area (Å²) in [5.41, 5.74) is 1.45. The van der Waals surface area contributed by atoms with Crippen molar-refractivity contribution in [1.29, 1.82) is 0 Å². The van der Waals surface area contributed by atoms with Crippen molar-refractivity contribution in [3.63, 3.8) is 0 Å². The number of carbonyl (C=O) groups excluding carboxylic acids is 1. The second-order valence-corrected chi connectivity index (χ2v) is 15.0. The maximum atomic E-state index is 15.4. The first kappa shape index (κ1) is 31.0. The standard InChI is InChI=1S/C32H31Cl2FN6O4S/c33-22-12-10-20(11-13-22)30-31(21-4-3-5-23(34)16-21)45-28(17-29-36-38-39-37-29)32(42)41(30)27(19-8-9-19)18-40(46(43,44)24-14-15-24)26-7-2-1-6-25(26)35/h1-7,10-13,16,19,24,27-28,30-31H,8-9,14-15,17-18H2,(H,36,37,38,39)/t27-,28-,30+,31+/m0/s1.